The predicted octanol–water partition coefficient (Wildman–Crippen LogP) is 3.68. The molecule has 0 saturated carbocycles. The third-order valence-corrected chi connectivity index (χ3v) is 2.00. The van der Waals surface area contributed by atoms with Crippen LogP contribution in [-0.4, -0.2) is 23.4 Å². The van der Waals surface area contributed by atoms with Gasteiger partial charge in [0.25, 0.3) is 0 Å². The summed E-state index contributed by atoms with van der Waals surface area (Å²) in [6.45, 7) is 0.721. The highest BCUT2D eigenvalue weighted by Crippen LogP contribution is 2.33. The molecular weight excluding hydrogens is 254 g/mol. The summed E-state index contributed by atoms with van der Waals surface area (Å²) in [6, 6.07) is 0. The first-order chi connectivity index (χ1) is 7.45. The third-order valence-electron chi connectivity index (χ3n) is 2.00. The minimum atomic E-state index is -4.92. The summed E-state index contributed by atoms with van der Waals surface area (Å²) >= 11 is 0. The summed E-state index contributed by atoms with van der Waals surface area (Å²) in [6.07, 6.45) is -12.6. The molecule has 0 heterocycles. The fourth-order valence-electron chi connectivity index (χ4n) is 1.14. The Morgan fingerprint density at radius 2 is 1.59 bits per heavy atom. The Labute approximate surface area is 92.9 Å². The molecule has 0 saturated heterocycles. The van der Waals surface area contributed by atoms with Gasteiger partial charge in [0, 0.05) is 17.6 Å². The zero-order valence-corrected chi connectivity index (χ0v) is 8.74. The molecule has 0 unspecified atom stereocenters. The smallest absolute Gasteiger partial charge is 0.413 e. The average Bonchev–Trinajstić information content (AvgIpc) is 2.07. The van der Waals surface area contributed by atoms with E-state index in [1.807, 2.05) is 0 Å². The van der Waals surface area contributed by atoms with Gasteiger partial charge in [0.2, 0.25) is 0 Å². The molecule has 0 radical (unpaired) electrons. The van der Waals surface area contributed by atoms with Crippen LogP contribution in [0.2, 0.25) is 0 Å². The molecule has 2 nitrogen and oxygen atoms in total. The van der Waals surface area contributed by atoms with E-state index >= 15 is 0 Å². The quantitative estimate of drug-likeness (QED) is 0.621. The minimum absolute atomic E-state index is 0.721. The Kier molecular flexibility index (Phi) is 5.03. The van der Waals surface area contributed by atoms with E-state index in [1.54, 1.807) is 0 Å². The van der Waals surface area contributed by atoms with Gasteiger partial charge in [0.05, 0.1) is 0 Å². The van der Waals surface area contributed by atoms with Crippen LogP contribution in [0.4, 0.5) is 26.3 Å². The number of halogens is 6. The van der Waals surface area contributed by atoms with Crippen LogP contribution in [0.5, 0.6) is 0 Å². The summed E-state index contributed by atoms with van der Waals surface area (Å²) in [5, 5.41) is 8.39. The summed E-state index contributed by atoms with van der Waals surface area (Å²) in [4.78, 5) is 10.4. The molecule has 0 aromatic rings. The monoisotopic (exact) mass is 264 g/mol. The van der Waals surface area contributed by atoms with Crippen LogP contribution in [0.15, 0.2) is 11.1 Å². The number of rotatable bonds is 4. The van der Waals surface area contributed by atoms with Crippen molar-refractivity contribution in [2.24, 2.45) is 0 Å². The molecule has 0 atom stereocenters. The first-order valence-corrected chi connectivity index (χ1v) is 4.52. The van der Waals surface area contributed by atoms with Gasteiger partial charge in [-0.3, -0.25) is 0 Å². The van der Waals surface area contributed by atoms with E-state index in [0.29, 0.717) is 0 Å². The van der Waals surface area contributed by atoms with Crippen LogP contribution >= 0.6 is 0 Å². The van der Waals surface area contributed by atoms with Crippen LogP contribution < -0.4 is 0 Å². The van der Waals surface area contributed by atoms with Crippen molar-refractivity contribution >= 4 is 5.97 Å². The summed E-state index contributed by atoms with van der Waals surface area (Å²) in [5.41, 5.74) is -2.39. The van der Waals surface area contributed by atoms with Crippen LogP contribution in [0.1, 0.15) is 26.2 Å². The molecule has 17 heavy (non-hydrogen) atoms. The Hall–Kier alpha value is -1.21. The van der Waals surface area contributed by atoms with E-state index in [4.69, 9.17) is 5.11 Å². The summed E-state index contributed by atoms with van der Waals surface area (Å²) in [7, 11) is 0. The molecular formula is C9H10F6O2. The Morgan fingerprint density at radius 1 is 1.12 bits per heavy atom. The number of hydrogen-bond acceptors (Lipinski definition) is 1. The van der Waals surface area contributed by atoms with Crippen molar-refractivity contribution in [1.82, 2.24) is 0 Å². The normalized spacial score (nSPS) is 14.5. The highest BCUT2D eigenvalue weighted by molar-refractivity contribution is 5.87. The second kappa shape index (κ2) is 5.42. The van der Waals surface area contributed by atoms with Gasteiger partial charge in [0.1, 0.15) is 0 Å². The molecule has 0 spiro atoms. The van der Waals surface area contributed by atoms with Crippen molar-refractivity contribution in [2.75, 3.05) is 0 Å². The molecule has 100 valence electrons. The first-order valence-electron chi connectivity index (χ1n) is 4.52. The molecule has 0 aliphatic carbocycles. The second-order valence-corrected chi connectivity index (χ2v) is 3.38. The van der Waals surface area contributed by atoms with Crippen molar-refractivity contribution in [3.63, 3.8) is 0 Å². The lowest BCUT2D eigenvalue weighted by Gasteiger charge is -2.14. The molecule has 0 rings (SSSR count). The van der Waals surface area contributed by atoms with E-state index < -0.39 is 48.7 Å². The second-order valence-electron chi connectivity index (χ2n) is 3.38. The van der Waals surface area contributed by atoms with Gasteiger partial charge in [-0.1, -0.05) is 0 Å². The van der Waals surface area contributed by atoms with Gasteiger partial charge in [-0.25, -0.2) is 4.79 Å². The number of carbonyl (C=O) groups is 1. The lowest BCUT2D eigenvalue weighted by atomic mass is 10.0. The molecule has 0 fully saturated rings. The molecule has 0 bridgehead atoms. The number of hydrogen-bond donors (Lipinski definition) is 1. The lowest BCUT2D eigenvalue weighted by molar-refractivity contribution is -0.137. The fraction of sp³-hybridized carbons (Fsp3) is 0.667. The van der Waals surface area contributed by atoms with Gasteiger partial charge in [-0.2, -0.15) is 26.3 Å². The van der Waals surface area contributed by atoms with Crippen molar-refractivity contribution in [2.45, 2.75) is 38.5 Å². The number of allylic oxidation sites excluding steroid dienone is 1. The van der Waals surface area contributed by atoms with Gasteiger partial charge in [-0.15, -0.1) is 0 Å². The van der Waals surface area contributed by atoms with Crippen molar-refractivity contribution in [3.8, 4) is 0 Å². The molecule has 0 aromatic carbocycles. The Bertz CT molecular complexity index is 312. The maximum Gasteiger partial charge on any atom is 0.413 e. The maximum absolute atomic E-state index is 12.3. The van der Waals surface area contributed by atoms with Crippen molar-refractivity contribution in [3.05, 3.63) is 11.1 Å². The molecule has 8 heteroatoms. The van der Waals surface area contributed by atoms with E-state index in [2.05, 4.69) is 0 Å². The predicted molar refractivity (Wildman–Crippen MR) is 46.3 cm³/mol. The number of aliphatic carboxylic acids is 1. The van der Waals surface area contributed by atoms with Crippen molar-refractivity contribution in [1.29, 1.82) is 0 Å². The average molecular weight is 264 g/mol. The zero-order chi connectivity index (χ0) is 13.9. The SMILES string of the molecule is CC(C(=O)O)=C(CCCC(F)(F)F)C(F)(F)F. The van der Waals surface area contributed by atoms with E-state index in [1.165, 1.54) is 0 Å². The van der Waals surface area contributed by atoms with E-state index in [9.17, 15) is 31.1 Å². The topological polar surface area (TPSA) is 37.3 Å². The van der Waals surface area contributed by atoms with Gasteiger partial charge in [-0.05, 0) is 19.8 Å². The maximum atomic E-state index is 12.3. The summed E-state index contributed by atoms with van der Waals surface area (Å²) < 4.78 is 72.3. The van der Waals surface area contributed by atoms with E-state index in [0.717, 1.165) is 6.92 Å². The molecule has 0 aromatic heterocycles. The molecule has 0 aliphatic heterocycles. The Morgan fingerprint density at radius 3 is 1.88 bits per heavy atom. The molecule has 0 aliphatic rings. The van der Waals surface area contributed by atoms with E-state index in [-0.39, 0.29) is 0 Å². The fourth-order valence-corrected chi connectivity index (χ4v) is 1.14. The summed E-state index contributed by atoms with van der Waals surface area (Å²) in [5.74, 6) is -1.79. The van der Waals surface area contributed by atoms with Crippen LogP contribution in [0.25, 0.3) is 0 Å². The number of carboxylic acid groups (broad SMARTS) is 1. The third kappa shape index (κ3) is 6.18. The van der Waals surface area contributed by atoms with Gasteiger partial charge >= 0.3 is 18.3 Å². The van der Waals surface area contributed by atoms with Crippen LogP contribution in [-0.2, 0) is 4.79 Å². The van der Waals surface area contributed by atoms with Crippen LogP contribution in [0, 0.1) is 0 Å². The molecule has 1 N–H and O–H groups in total. The molecule has 0 amide bonds. The highest BCUT2D eigenvalue weighted by Gasteiger charge is 2.37. The zero-order valence-electron chi connectivity index (χ0n) is 8.74. The standard InChI is InChI=1S/C9H10F6O2/c1-5(7(16)17)6(9(13,14)15)3-2-4-8(10,11)12/h2-4H2,1H3,(H,16,17). The first kappa shape index (κ1) is 15.8. The van der Waals surface area contributed by atoms with Crippen LogP contribution in [0.3, 0.4) is 0 Å². The number of carboxylic acids is 1. The largest absolute Gasteiger partial charge is 0.478 e. The van der Waals surface area contributed by atoms with Crippen molar-refractivity contribution < 1.29 is 36.2 Å². The Balaban J connectivity index is 4.78. The number of alkyl halides is 6. The minimum Gasteiger partial charge on any atom is -0.478 e. The lowest BCUT2D eigenvalue weighted by Crippen LogP contribution is -2.18. The van der Waals surface area contributed by atoms with Gasteiger partial charge < -0.3 is 5.11 Å². The van der Waals surface area contributed by atoms with Gasteiger partial charge in [0.15, 0.2) is 0 Å². The highest BCUT2D eigenvalue weighted by atomic mass is 19.4.